The largest absolute Gasteiger partial charge is 0.301 e. The zero-order valence-electron chi connectivity index (χ0n) is 16.4. The molecule has 0 saturated heterocycles. The topological polar surface area (TPSA) is 111 Å². The molecule has 0 saturated carbocycles. The second kappa shape index (κ2) is 8.43. The molecular formula is C20H22N4O4. The van der Waals surface area contributed by atoms with Crippen LogP contribution in [-0.2, 0) is 0 Å². The molecule has 0 aliphatic heterocycles. The van der Waals surface area contributed by atoms with Gasteiger partial charge in [-0.1, -0.05) is 12.1 Å². The quantitative estimate of drug-likeness (QED) is 0.417. The number of rotatable bonds is 6. The highest BCUT2D eigenvalue weighted by molar-refractivity contribution is 5.97. The van der Waals surface area contributed by atoms with Crippen molar-refractivity contribution >= 4 is 28.8 Å². The van der Waals surface area contributed by atoms with E-state index in [-0.39, 0.29) is 11.4 Å². The van der Waals surface area contributed by atoms with Gasteiger partial charge in [0.1, 0.15) is 5.69 Å². The van der Waals surface area contributed by atoms with E-state index in [4.69, 9.17) is 0 Å². The van der Waals surface area contributed by atoms with Gasteiger partial charge in [-0.2, -0.15) is 5.10 Å². The van der Waals surface area contributed by atoms with E-state index in [1.54, 1.807) is 6.92 Å². The van der Waals surface area contributed by atoms with Gasteiger partial charge >= 0.3 is 5.69 Å². The number of nitro benzene ring substituents is 2. The zero-order chi connectivity index (χ0) is 21.0. The number of benzene rings is 2. The van der Waals surface area contributed by atoms with Crippen molar-refractivity contribution in [1.82, 2.24) is 0 Å². The minimum atomic E-state index is -0.683. The smallest absolute Gasteiger partial charge is 0.271 e. The van der Waals surface area contributed by atoms with Crippen molar-refractivity contribution < 1.29 is 9.85 Å². The first kappa shape index (κ1) is 20.8. The van der Waals surface area contributed by atoms with E-state index in [2.05, 4.69) is 37.4 Å². The lowest BCUT2D eigenvalue weighted by Crippen LogP contribution is -2.00. The highest BCUT2D eigenvalue weighted by Gasteiger charge is 2.19. The molecule has 0 heterocycles. The Morgan fingerprint density at radius 1 is 1.00 bits per heavy atom. The molecule has 0 atom stereocenters. The number of nitro groups is 2. The van der Waals surface area contributed by atoms with Crippen LogP contribution in [0.25, 0.3) is 6.08 Å². The molecular weight excluding hydrogens is 360 g/mol. The Bertz CT molecular complexity index is 1010. The summed E-state index contributed by atoms with van der Waals surface area (Å²) in [5.74, 6) is 0. The molecule has 0 spiro atoms. The Labute approximate surface area is 162 Å². The number of nitrogens with one attached hydrogen (secondary N) is 1. The van der Waals surface area contributed by atoms with E-state index >= 15 is 0 Å². The third kappa shape index (κ3) is 4.59. The normalized spacial score (nSPS) is 11.7. The van der Waals surface area contributed by atoms with Gasteiger partial charge in [-0.15, -0.1) is 0 Å². The molecule has 146 valence electrons. The van der Waals surface area contributed by atoms with E-state index in [9.17, 15) is 20.2 Å². The lowest BCUT2D eigenvalue weighted by molar-refractivity contribution is -0.393. The lowest BCUT2D eigenvalue weighted by Gasteiger charge is -2.12. The van der Waals surface area contributed by atoms with Gasteiger partial charge in [0.05, 0.1) is 21.6 Å². The van der Waals surface area contributed by atoms with E-state index in [0.29, 0.717) is 5.71 Å². The highest BCUT2D eigenvalue weighted by Crippen LogP contribution is 2.29. The molecule has 28 heavy (non-hydrogen) atoms. The van der Waals surface area contributed by atoms with Crippen LogP contribution in [0, 0.1) is 47.9 Å². The average molecular weight is 382 g/mol. The number of hydrazone groups is 1. The lowest BCUT2D eigenvalue weighted by atomic mass is 9.94. The van der Waals surface area contributed by atoms with E-state index in [1.807, 2.05) is 19.1 Å². The molecule has 8 heteroatoms. The van der Waals surface area contributed by atoms with E-state index in [1.165, 1.54) is 28.8 Å². The minimum absolute atomic E-state index is 0.0851. The van der Waals surface area contributed by atoms with Crippen LogP contribution in [0.1, 0.15) is 34.7 Å². The van der Waals surface area contributed by atoms with Crippen molar-refractivity contribution in [2.45, 2.75) is 34.6 Å². The fourth-order valence-corrected chi connectivity index (χ4v) is 2.83. The molecule has 0 amide bonds. The predicted molar refractivity (Wildman–Crippen MR) is 111 cm³/mol. The number of hydrogen-bond acceptors (Lipinski definition) is 6. The van der Waals surface area contributed by atoms with Gasteiger partial charge in [0.25, 0.3) is 5.69 Å². The van der Waals surface area contributed by atoms with Crippen molar-refractivity contribution in [3.05, 3.63) is 78.4 Å². The van der Waals surface area contributed by atoms with Crippen molar-refractivity contribution in [2.75, 3.05) is 5.43 Å². The molecule has 0 aliphatic rings. The molecule has 0 radical (unpaired) electrons. The minimum Gasteiger partial charge on any atom is -0.271 e. The van der Waals surface area contributed by atoms with Crippen molar-refractivity contribution in [2.24, 2.45) is 5.10 Å². The summed E-state index contributed by atoms with van der Waals surface area (Å²) in [5.41, 5.74) is 8.49. The second-order valence-electron chi connectivity index (χ2n) is 6.59. The second-order valence-corrected chi connectivity index (χ2v) is 6.59. The van der Waals surface area contributed by atoms with Gasteiger partial charge in [0.15, 0.2) is 0 Å². The first-order valence-corrected chi connectivity index (χ1v) is 8.60. The molecule has 0 bridgehead atoms. The first-order chi connectivity index (χ1) is 13.1. The average Bonchev–Trinajstić information content (AvgIpc) is 2.64. The van der Waals surface area contributed by atoms with Crippen molar-refractivity contribution in [3.8, 4) is 0 Å². The molecule has 1 N–H and O–H groups in total. The van der Waals surface area contributed by atoms with Gasteiger partial charge < -0.3 is 0 Å². The van der Waals surface area contributed by atoms with Gasteiger partial charge in [0, 0.05) is 6.07 Å². The third-order valence-electron chi connectivity index (χ3n) is 4.65. The number of anilines is 1. The summed E-state index contributed by atoms with van der Waals surface area (Å²) >= 11 is 0. The van der Waals surface area contributed by atoms with Crippen LogP contribution in [0.15, 0.2) is 35.4 Å². The summed E-state index contributed by atoms with van der Waals surface area (Å²) in [4.78, 5) is 20.6. The molecule has 8 nitrogen and oxygen atoms in total. The van der Waals surface area contributed by atoms with Crippen LogP contribution in [0.5, 0.6) is 0 Å². The first-order valence-electron chi connectivity index (χ1n) is 8.60. The monoisotopic (exact) mass is 382 g/mol. The maximum Gasteiger partial charge on any atom is 0.301 e. The Balaban J connectivity index is 2.27. The summed E-state index contributed by atoms with van der Waals surface area (Å²) in [6, 6.07) is 5.50. The molecule has 2 aromatic rings. The van der Waals surface area contributed by atoms with Crippen LogP contribution in [0.2, 0.25) is 0 Å². The van der Waals surface area contributed by atoms with Gasteiger partial charge in [-0.05, 0) is 74.6 Å². The van der Waals surface area contributed by atoms with Crippen LogP contribution < -0.4 is 5.43 Å². The van der Waals surface area contributed by atoms with Gasteiger partial charge in [0.2, 0.25) is 0 Å². The Morgan fingerprint density at radius 2 is 1.68 bits per heavy atom. The number of aryl methyl sites for hydroxylation is 2. The van der Waals surface area contributed by atoms with Crippen LogP contribution in [0.4, 0.5) is 17.1 Å². The summed E-state index contributed by atoms with van der Waals surface area (Å²) in [6.45, 7) is 10.0. The van der Waals surface area contributed by atoms with E-state index in [0.717, 1.165) is 17.2 Å². The molecule has 2 aromatic carbocycles. The zero-order valence-corrected chi connectivity index (χ0v) is 16.4. The van der Waals surface area contributed by atoms with Crippen molar-refractivity contribution in [1.29, 1.82) is 0 Å². The Kier molecular flexibility index (Phi) is 6.25. The maximum atomic E-state index is 11.2. The maximum absolute atomic E-state index is 11.2. The summed E-state index contributed by atoms with van der Waals surface area (Å²) < 4.78 is 0. The third-order valence-corrected chi connectivity index (χ3v) is 4.65. The van der Waals surface area contributed by atoms with Crippen LogP contribution in [-0.4, -0.2) is 15.6 Å². The van der Waals surface area contributed by atoms with Crippen molar-refractivity contribution in [3.63, 3.8) is 0 Å². The summed E-state index contributed by atoms with van der Waals surface area (Å²) in [6.07, 6.45) is 3.77. The Morgan fingerprint density at radius 3 is 2.29 bits per heavy atom. The molecule has 0 unspecified atom stereocenters. The van der Waals surface area contributed by atoms with Crippen LogP contribution >= 0.6 is 0 Å². The molecule has 0 fully saturated rings. The summed E-state index contributed by atoms with van der Waals surface area (Å²) in [5, 5.41) is 26.1. The SMILES string of the molecule is CC(/C=C/c1c(C)cc(C)c(C)c1C)=N/Nc1ccc([N+](=O)[O-])cc1[N+](=O)[O-]. The fourth-order valence-electron chi connectivity index (χ4n) is 2.83. The van der Waals surface area contributed by atoms with Gasteiger partial charge in [-0.3, -0.25) is 25.7 Å². The predicted octanol–water partition coefficient (Wildman–Crippen LogP) is 5.24. The number of non-ortho nitro benzene ring substituents is 1. The number of hydrogen-bond donors (Lipinski definition) is 1. The Hall–Kier alpha value is -3.55. The van der Waals surface area contributed by atoms with E-state index < -0.39 is 15.5 Å². The van der Waals surface area contributed by atoms with Gasteiger partial charge in [-0.25, -0.2) is 0 Å². The number of nitrogens with zero attached hydrogens (tertiary/aromatic N) is 3. The molecule has 2 rings (SSSR count). The summed E-state index contributed by atoms with van der Waals surface area (Å²) in [7, 11) is 0. The van der Waals surface area contributed by atoms with Crippen LogP contribution in [0.3, 0.4) is 0 Å². The standard InChI is InChI=1S/C20H22N4O4/c1-12-10-13(2)18(16(5)15(12)4)8-6-14(3)21-22-19-9-7-17(23(25)26)11-20(19)24(27)28/h6-11,22H,1-5H3/b8-6+,21-14-. The molecule has 0 aliphatic carbocycles. The molecule has 0 aromatic heterocycles. The fraction of sp³-hybridized carbons (Fsp3) is 0.250. The highest BCUT2D eigenvalue weighted by atomic mass is 16.6. The number of allylic oxidation sites excluding steroid dienone is 1.